The Kier molecular flexibility index (Phi) is 2.68. The molecule has 2 aromatic heterocycles. The van der Waals surface area contributed by atoms with E-state index >= 15 is 0 Å². The molecule has 0 fully saturated rings. The molecular formula is C12H9N3O3S. The maximum atomic E-state index is 11.9. The number of imidazole rings is 1. The molecular weight excluding hydrogens is 266 g/mol. The zero-order valence-corrected chi connectivity index (χ0v) is 10.5. The summed E-state index contributed by atoms with van der Waals surface area (Å²) in [5.41, 5.74) is 2.80. The fourth-order valence-corrected chi connectivity index (χ4v) is 2.50. The Morgan fingerprint density at radius 3 is 3.00 bits per heavy atom. The lowest BCUT2D eigenvalue weighted by Crippen LogP contribution is -2.16. The predicted molar refractivity (Wildman–Crippen MR) is 70.7 cm³/mol. The molecule has 7 heteroatoms. The lowest BCUT2D eigenvalue weighted by molar-refractivity contribution is 0.0697. The van der Waals surface area contributed by atoms with Gasteiger partial charge in [0.25, 0.3) is 0 Å². The molecule has 0 atom stereocenters. The van der Waals surface area contributed by atoms with Crippen molar-refractivity contribution in [3.8, 4) is 0 Å². The van der Waals surface area contributed by atoms with Crippen molar-refractivity contribution in [3.63, 3.8) is 0 Å². The van der Waals surface area contributed by atoms with Crippen molar-refractivity contribution in [2.45, 2.75) is 6.54 Å². The van der Waals surface area contributed by atoms with Crippen LogP contribution in [0.3, 0.4) is 0 Å². The molecule has 0 aliphatic rings. The van der Waals surface area contributed by atoms with Crippen LogP contribution in [-0.2, 0) is 6.54 Å². The van der Waals surface area contributed by atoms with Gasteiger partial charge in [-0.2, -0.15) is 0 Å². The summed E-state index contributed by atoms with van der Waals surface area (Å²) in [6.45, 7) is 0.382. The molecule has 0 unspecified atom stereocenters. The lowest BCUT2D eigenvalue weighted by Gasteiger charge is -2.01. The van der Waals surface area contributed by atoms with Crippen molar-refractivity contribution in [1.82, 2.24) is 14.5 Å². The molecule has 3 rings (SSSR count). The number of benzene rings is 1. The van der Waals surface area contributed by atoms with Gasteiger partial charge in [0, 0.05) is 11.1 Å². The second-order valence-corrected chi connectivity index (χ2v) is 4.99. The van der Waals surface area contributed by atoms with Gasteiger partial charge in [0.2, 0.25) is 0 Å². The summed E-state index contributed by atoms with van der Waals surface area (Å²) in [6.07, 6.45) is 1.69. The van der Waals surface area contributed by atoms with Gasteiger partial charge in [-0.3, -0.25) is 9.55 Å². The van der Waals surface area contributed by atoms with E-state index < -0.39 is 5.97 Å². The van der Waals surface area contributed by atoms with Crippen molar-refractivity contribution >= 4 is 28.3 Å². The lowest BCUT2D eigenvalue weighted by atomic mass is 10.2. The van der Waals surface area contributed by atoms with Gasteiger partial charge in [0.05, 0.1) is 28.7 Å². The van der Waals surface area contributed by atoms with E-state index in [0.29, 0.717) is 17.6 Å². The number of carbonyl (C=O) groups is 1. The number of aromatic amines is 1. The highest BCUT2D eigenvalue weighted by molar-refractivity contribution is 7.09. The topological polar surface area (TPSA) is 88.0 Å². The fourth-order valence-electron chi connectivity index (χ4n) is 1.92. The van der Waals surface area contributed by atoms with E-state index in [-0.39, 0.29) is 11.3 Å². The molecule has 6 nitrogen and oxygen atoms in total. The quantitative estimate of drug-likeness (QED) is 0.758. The molecule has 0 amide bonds. The van der Waals surface area contributed by atoms with E-state index in [0.717, 1.165) is 4.88 Å². The number of thiazole rings is 1. The Labute approximate surface area is 111 Å². The second-order valence-electron chi connectivity index (χ2n) is 4.02. The van der Waals surface area contributed by atoms with E-state index in [2.05, 4.69) is 9.97 Å². The van der Waals surface area contributed by atoms with Gasteiger partial charge in [-0.05, 0) is 18.2 Å². The average molecular weight is 275 g/mol. The maximum absolute atomic E-state index is 11.9. The van der Waals surface area contributed by atoms with Crippen LogP contribution in [0.25, 0.3) is 11.0 Å². The monoisotopic (exact) mass is 275 g/mol. The van der Waals surface area contributed by atoms with Gasteiger partial charge in [-0.15, -0.1) is 11.3 Å². The Morgan fingerprint density at radius 2 is 2.32 bits per heavy atom. The van der Waals surface area contributed by atoms with Crippen molar-refractivity contribution in [2.75, 3.05) is 0 Å². The van der Waals surface area contributed by atoms with E-state index in [1.165, 1.54) is 28.0 Å². The summed E-state index contributed by atoms with van der Waals surface area (Å²) < 4.78 is 1.51. The maximum Gasteiger partial charge on any atom is 0.335 e. The minimum Gasteiger partial charge on any atom is -0.478 e. The highest BCUT2D eigenvalue weighted by atomic mass is 32.1. The molecule has 0 radical (unpaired) electrons. The number of aromatic carboxylic acids is 1. The first-order valence-corrected chi connectivity index (χ1v) is 6.36. The minimum atomic E-state index is -1.01. The number of carboxylic acids is 1. The standard InChI is InChI=1S/C12H9N3O3S/c16-11(17)7-1-2-9-10(3-7)15(12(18)14-9)5-8-4-13-6-19-8/h1-4,6H,5H2,(H,14,18)(H,16,17). The summed E-state index contributed by atoms with van der Waals surface area (Å²) in [6, 6.07) is 4.57. The summed E-state index contributed by atoms with van der Waals surface area (Å²) in [5.74, 6) is -1.01. The summed E-state index contributed by atoms with van der Waals surface area (Å²) in [4.78, 5) is 30.5. The number of aromatic nitrogens is 3. The molecule has 0 saturated heterocycles. The predicted octanol–water partition coefficient (Wildman–Crippen LogP) is 1.53. The van der Waals surface area contributed by atoms with Crippen LogP contribution in [0.1, 0.15) is 15.2 Å². The van der Waals surface area contributed by atoms with Crippen molar-refractivity contribution < 1.29 is 9.90 Å². The van der Waals surface area contributed by atoms with Crippen molar-refractivity contribution in [1.29, 1.82) is 0 Å². The Bertz CT molecular complexity index is 801. The van der Waals surface area contributed by atoms with Crippen LogP contribution in [0.2, 0.25) is 0 Å². The third-order valence-corrected chi connectivity index (χ3v) is 3.58. The van der Waals surface area contributed by atoms with E-state index in [1.54, 1.807) is 17.8 Å². The zero-order valence-electron chi connectivity index (χ0n) is 9.66. The molecule has 2 heterocycles. The SMILES string of the molecule is O=C(O)c1ccc2[nH]c(=O)n(Cc3cncs3)c2c1. The summed E-state index contributed by atoms with van der Waals surface area (Å²) >= 11 is 1.45. The molecule has 0 bridgehead atoms. The van der Waals surface area contributed by atoms with Crippen LogP contribution in [0.15, 0.2) is 34.7 Å². The van der Waals surface area contributed by atoms with Crippen molar-refractivity contribution in [2.24, 2.45) is 0 Å². The minimum absolute atomic E-state index is 0.157. The van der Waals surface area contributed by atoms with Crippen LogP contribution < -0.4 is 5.69 Å². The number of nitrogens with zero attached hydrogens (tertiary/aromatic N) is 2. The third-order valence-electron chi connectivity index (χ3n) is 2.82. The van der Waals surface area contributed by atoms with Crippen LogP contribution in [0.4, 0.5) is 0 Å². The molecule has 96 valence electrons. The molecule has 3 aromatic rings. The molecule has 0 spiro atoms. The van der Waals surface area contributed by atoms with Gasteiger partial charge in [-0.25, -0.2) is 9.59 Å². The zero-order chi connectivity index (χ0) is 13.4. The van der Waals surface area contributed by atoms with Gasteiger partial charge in [0.1, 0.15) is 0 Å². The number of fused-ring (bicyclic) bond motifs is 1. The number of carboxylic acid groups (broad SMARTS) is 1. The molecule has 2 N–H and O–H groups in total. The Morgan fingerprint density at radius 1 is 1.47 bits per heavy atom. The van der Waals surface area contributed by atoms with E-state index in [4.69, 9.17) is 5.11 Å². The van der Waals surface area contributed by atoms with Crippen LogP contribution in [-0.4, -0.2) is 25.6 Å². The largest absolute Gasteiger partial charge is 0.478 e. The first-order chi connectivity index (χ1) is 9.15. The normalized spacial score (nSPS) is 10.9. The molecule has 0 aliphatic heterocycles. The number of hydrogen-bond acceptors (Lipinski definition) is 4. The number of hydrogen-bond donors (Lipinski definition) is 2. The smallest absolute Gasteiger partial charge is 0.335 e. The van der Waals surface area contributed by atoms with Crippen LogP contribution >= 0.6 is 11.3 Å². The number of H-pyrrole nitrogens is 1. The average Bonchev–Trinajstić information content (AvgIpc) is 2.98. The van der Waals surface area contributed by atoms with E-state index in [1.807, 2.05) is 0 Å². The summed E-state index contributed by atoms with van der Waals surface area (Å²) in [5, 5.41) is 8.99. The number of rotatable bonds is 3. The molecule has 0 saturated carbocycles. The van der Waals surface area contributed by atoms with Gasteiger partial charge < -0.3 is 10.1 Å². The molecule has 0 aliphatic carbocycles. The highest BCUT2D eigenvalue weighted by Crippen LogP contribution is 2.15. The third kappa shape index (κ3) is 2.04. The first kappa shape index (κ1) is 11.7. The second kappa shape index (κ2) is 4.36. The molecule has 1 aromatic carbocycles. The van der Waals surface area contributed by atoms with Gasteiger partial charge in [-0.1, -0.05) is 0 Å². The Balaban J connectivity index is 2.16. The first-order valence-electron chi connectivity index (χ1n) is 5.48. The van der Waals surface area contributed by atoms with Gasteiger partial charge >= 0.3 is 11.7 Å². The van der Waals surface area contributed by atoms with Crippen LogP contribution in [0.5, 0.6) is 0 Å². The van der Waals surface area contributed by atoms with Crippen LogP contribution in [0, 0.1) is 0 Å². The Hall–Kier alpha value is -2.41. The number of nitrogens with one attached hydrogen (secondary N) is 1. The van der Waals surface area contributed by atoms with Crippen molar-refractivity contribution in [3.05, 3.63) is 50.8 Å². The highest BCUT2D eigenvalue weighted by Gasteiger charge is 2.11. The van der Waals surface area contributed by atoms with Gasteiger partial charge in [0.15, 0.2) is 0 Å². The fraction of sp³-hybridized carbons (Fsp3) is 0.0833. The summed E-state index contributed by atoms with van der Waals surface area (Å²) in [7, 11) is 0. The van der Waals surface area contributed by atoms with E-state index in [9.17, 15) is 9.59 Å². The molecule has 19 heavy (non-hydrogen) atoms.